The van der Waals surface area contributed by atoms with E-state index in [0.29, 0.717) is 25.0 Å². The molecule has 1 atom stereocenters. The average molecular weight is 515 g/mol. The highest BCUT2D eigenvalue weighted by Crippen LogP contribution is 2.35. The number of carboxylic acid groups (broad SMARTS) is 1. The molecule has 0 aliphatic carbocycles. The number of aromatic nitrogens is 4. The summed E-state index contributed by atoms with van der Waals surface area (Å²) in [4.78, 5) is 26.8. The van der Waals surface area contributed by atoms with E-state index in [-0.39, 0.29) is 6.04 Å². The number of rotatable bonds is 9. The Balaban J connectivity index is 1.66. The highest BCUT2D eigenvalue weighted by molar-refractivity contribution is 7.98. The summed E-state index contributed by atoms with van der Waals surface area (Å²) in [5.74, 6) is 0. The maximum Gasteiger partial charge on any atom is 0.407 e. The van der Waals surface area contributed by atoms with Crippen molar-refractivity contribution in [2.45, 2.75) is 56.5 Å². The molecule has 0 spiro atoms. The zero-order valence-corrected chi connectivity index (χ0v) is 22.6. The zero-order valence-electron chi connectivity index (χ0n) is 20.8. The van der Waals surface area contributed by atoms with Gasteiger partial charge >= 0.3 is 6.09 Å². The Morgan fingerprint density at radius 2 is 2.14 bits per heavy atom. The van der Waals surface area contributed by atoms with E-state index in [2.05, 4.69) is 29.9 Å². The van der Waals surface area contributed by atoms with Crippen molar-refractivity contribution in [3.05, 3.63) is 30.7 Å². The molecule has 1 aliphatic heterocycles. The van der Waals surface area contributed by atoms with Gasteiger partial charge in [0, 0.05) is 63.4 Å². The molecule has 188 valence electrons. The van der Waals surface area contributed by atoms with E-state index in [0.717, 1.165) is 53.5 Å². The first-order valence-corrected chi connectivity index (χ1v) is 16.9. The average Bonchev–Trinajstić information content (AvgIpc) is 3.25. The van der Waals surface area contributed by atoms with Crippen molar-refractivity contribution >= 4 is 42.6 Å². The second-order valence-electron chi connectivity index (χ2n) is 10.1. The lowest BCUT2D eigenvalue weighted by atomic mass is 10.0. The van der Waals surface area contributed by atoms with Crippen LogP contribution in [0.5, 0.6) is 0 Å². The van der Waals surface area contributed by atoms with Gasteiger partial charge in [0.15, 0.2) is 5.16 Å². The Morgan fingerprint density at radius 1 is 1.31 bits per heavy atom. The summed E-state index contributed by atoms with van der Waals surface area (Å²) in [6.07, 6.45) is 8.39. The number of likely N-dealkylation sites (tertiary alicyclic amines) is 1. The molecule has 0 unspecified atom stereocenters. The van der Waals surface area contributed by atoms with E-state index in [1.165, 1.54) is 16.7 Å². The molecule has 4 heterocycles. The van der Waals surface area contributed by atoms with Crippen LogP contribution < -0.4 is 5.32 Å². The number of hydrogen-bond donors (Lipinski definition) is 2. The third-order valence-corrected chi connectivity index (χ3v) is 8.41. The van der Waals surface area contributed by atoms with Gasteiger partial charge in [-0.2, -0.15) is 0 Å². The summed E-state index contributed by atoms with van der Waals surface area (Å²) in [6.45, 7) is 9.22. The van der Waals surface area contributed by atoms with Gasteiger partial charge in [-0.25, -0.2) is 19.7 Å². The minimum Gasteiger partial charge on any atom is -0.465 e. The number of thioether (sulfide) groups is 1. The molecule has 0 radical (unpaired) electrons. The molecular weight excluding hydrogens is 480 g/mol. The monoisotopic (exact) mass is 514 g/mol. The molecule has 0 bridgehead atoms. The number of ether oxygens (including phenoxy) is 1. The number of hydrogen-bond acceptors (Lipinski definition) is 7. The Bertz CT molecular complexity index is 1180. The summed E-state index contributed by atoms with van der Waals surface area (Å²) < 4.78 is 8.00. The number of fused-ring (bicyclic) bond motifs is 1. The molecule has 0 aromatic carbocycles. The van der Waals surface area contributed by atoms with Crippen molar-refractivity contribution in [2.24, 2.45) is 0 Å². The molecule has 0 saturated carbocycles. The smallest absolute Gasteiger partial charge is 0.407 e. The van der Waals surface area contributed by atoms with E-state index in [1.807, 2.05) is 35.3 Å². The van der Waals surface area contributed by atoms with Crippen LogP contribution >= 0.6 is 11.8 Å². The summed E-state index contributed by atoms with van der Waals surface area (Å²) in [5.41, 5.74) is 3.40. The normalized spacial score (nSPS) is 16.6. The summed E-state index contributed by atoms with van der Waals surface area (Å²) in [6, 6.07) is 5.05. The van der Waals surface area contributed by atoms with Gasteiger partial charge in [-0.05, 0) is 37.3 Å². The highest BCUT2D eigenvalue weighted by Gasteiger charge is 2.25. The van der Waals surface area contributed by atoms with Crippen LogP contribution in [-0.4, -0.2) is 75.7 Å². The first-order chi connectivity index (χ1) is 16.7. The number of nitrogens with one attached hydrogen (secondary N) is 1. The van der Waals surface area contributed by atoms with Gasteiger partial charge in [0.1, 0.15) is 12.4 Å². The Morgan fingerprint density at radius 3 is 2.89 bits per heavy atom. The van der Waals surface area contributed by atoms with Crippen LogP contribution in [0.3, 0.4) is 0 Å². The minimum atomic E-state index is -1.15. The Hall–Kier alpha value is -2.63. The van der Waals surface area contributed by atoms with Gasteiger partial charge in [-0.15, -0.1) is 0 Å². The van der Waals surface area contributed by atoms with Crippen molar-refractivity contribution in [2.75, 3.05) is 31.3 Å². The Labute approximate surface area is 211 Å². The second-order valence-corrected chi connectivity index (χ2v) is 16.5. The fraction of sp³-hybridized carbons (Fsp3) is 0.500. The third kappa shape index (κ3) is 6.33. The van der Waals surface area contributed by atoms with Crippen LogP contribution in [0.1, 0.15) is 12.8 Å². The van der Waals surface area contributed by atoms with E-state index in [4.69, 9.17) is 14.7 Å². The van der Waals surface area contributed by atoms with Crippen LogP contribution in [0, 0.1) is 0 Å². The number of carbonyl (C=O) groups is 1. The topological polar surface area (TPSA) is 105 Å². The van der Waals surface area contributed by atoms with Gasteiger partial charge in [0.05, 0.1) is 11.4 Å². The predicted molar refractivity (Wildman–Crippen MR) is 143 cm³/mol. The maximum atomic E-state index is 11.6. The number of anilines is 1. The van der Waals surface area contributed by atoms with E-state index in [9.17, 15) is 9.90 Å². The van der Waals surface area contributed by atoms with Crippen LogP contribution in [0.4, 0.5) is 10.5 Å². The zero-order chi connectivity index (χ0) is 25.0. The molecule has 11 heteroatoms. The lowest BCUT2D eigenvalue weighted by Crippen LogP contribution is -2.44. The largest absolute Gasteiger partial charge is 0.465 e. The Kier molecular flexibility index (Phi) is 7.97. The van der Waals surface area contributed by atoms with Gasteiger partial charge in [-0.1, -0.05) is 31.4 Å². The van der Waals surface area contributed by atoms with Crippen LogP contribution in [0.15, 0.2) is 35.9 Å². The number of piperidine rings is 1. The van der Waals surface area contributed by atoms with Crippen LogP contribution in [0.2, 0.25) is 25.7 Å². The molecule has 2 N–H and O–H groups in total. The molecule has 1 saturated heterocycles. The third-order valence-electron chi connectivity index (χ3n) is 6.15. The summed E-state index contributed by atoms with van der Waals surface area (Å²) >= 11 is 1.49. The first kappa shape index (κ1) is 25.5. The molecule has 3 aromatic heterocycles. The molecule has 4 rings (SSSR count). The summed E-state index contributed by atoms with van der Waals surface area (Å²) in [5, 5.41) is 14.8. The fourth-order valence-corrected chi connectivity index (χ4v) is 5.31. The minimum absolute atomic E-state index is 0.00222. The maximum absolute atomic E-state index is 11.6. The predicted octanol–water partition coefficient (Wildman–Crippen LogP) is 5.08. The van der Waals surface area contributed by atoms with Gasteiger partial charge in [0.25, 0.3) is 0 Å². The molecule has 1 fully saturated rings. The van der Waals surface area contributed by atoms with E-state index < -0.39 is 14.2 Å². The lowest BCUT2D eigenvalue weighted by molar-refractivity contribution is 0.0899. The summed E-state index contributed by atoms with van der Waals surface area (Å²) in [7, 11) is -1.15. The van der Waals surface area contributed by atoms with Crippen molar-refractivity contribution in [3.63, 3.8) is 0 Å². The molecular formula is C24H34N6O3SSi. The lowest BCUT2D eigenvalue weighted by Gasteiger charge is -2.32. The van der Waals surface area contributed by atoms with Gasteiger partial charge < -0.3 is 24.6 Å². The van der Waals surface area contributed by atoms with E-state index >= 15 is 0 Å². The highest BCUT2D eigenvalue weighted by atomic mass is 32.2. The molecule has 1 aliphatic rings. The van der Waals surface area contributed by atoms with Crippen LogP contribution in [0.25, 0.3) is 22.3 Å². The number of pyridine rings is 1. The van der Waals surface area contributed by atoms with Gasteiger partial charge in [-0.3, -0.25) is 0 Å². The first-order valence-electron chi connectivity index (χ1n) is 11.9. The van der Waals surface area contributed by atoms with Crippen molar-refractivity contribution < 1.29 is 14.6 Å². The fourth-order valence-electron chi connectivity index (χ4n) is 4.20. The molecule has 9 nitrogen and oxygen atoms in total. The van der Waals surface area contributed by atoms with Crippen molar-refractivity contribution in [1.82, 2.24) is 24.4 Å². The van der Waals surface area contributed by atoms with Crippen LogP contribution in [-0.2, 0) is 11.5 Å². The second kappa shape index (κ2) is 11.0. The molecule has 3 aromatic rings. The van der Waals surface area contributed by atoms with Crippen molar-refractivity contribution in [1.29, 1.82) is 0 Å². The standard InChI is InChI=1S/C24H34N6O3SSi/c1-34-23-25-9-7-20(28-23)19-14-26-22-18(8-11-30(22)16-33-12-13-35(2,3)4)21(19)27-17-6-5-10-29(15-17)24(31)32/h7-9,11,14,17H,5-6,10,12-13,15-16H2,1-4H3,(H,26,27)(H,31,32)/t17-/m1/s1. The van der Waals surface area contributed by atoms with Gasteiger partial charge in [0.2, 0.25) is 0 Å². The quantitative estimate of drug-likeness (QED) is 0.176. The SMILES string of the molecule is CSc1nccc(-c2cnc3c(ccn3COCC[Si](C)(C)C)c2N[C@@H]2CCCN(C(=O)O)C2)n1. The van der Waals surface area contributed by atoms with E-state index in [1.54, 1.807) is 6.20 Å². The number of amides is 1. The van der Waals surface area contributed by atoms with Crippen molar-refractivity contribution in [3.8, 4) is 11.3 Å². The molecule has 1 amide bonds. The number of nitrogens with zero attached hydrogens (tertiary/aromatic N) is 5. The molecule has 35 heavy (non-hydrogen) atoms.